The molecule has 0 atom stereocenters. The van der Waals surface area contributed by atoms with Crippen LogP contribution in [0.3, 0.4) is 0 Å². The summed E-state index contributed by atoms with van der Waals surface area (Å²) in [6.07, 6.45) is 0.264. The Morgan fingerprint density at radius 2 is 1.33 bits per heavy atom. The second-order valence-corrected chi connectivity index (χ2v) is 7.26. The molecule has 0 fully saturated rings. The predicted octanol–water partition coefficient (Wildman–Crippen LogP) is 1.80. The highest BCUT2D eigenvalue weighted by Crippen LogP contribution is 2.06. The van der Waals surface area contributed by atoms with Crippen molar-refractivity contribution in [2.45, 2.75) is 26.4 Å². The van der Waals surface area contributed by atoms with E-state index in [0.717, 1.165) is 6.29 Å². The third kappa shape index (κ3) is 12.9. The molecule has 2 N–H and O–H groups in total. The molecule has 0 aliphatic heterocycles. The Morgan fingerprint density at radius 3 is 1.83 bits per heavy atom. The molecule has 1 rings (SSSR count). The maximum atomic E-state index is 11.9. The van der Waals surface area contributed by atoms with Gasteiger partial charge in [0.1, 0.15) is 11.9 Å². The largest absolute Gasteiger partial charge is 0.444 e. The second kappa shape index (κ2) is 14.5. The molecule has 30 heavy (non-hydrogen) atoms. The minimum absolute atomic E-state index is 0.217. The molecular weight excluding hydrogens is 392 g/mol. The Labute approximate surface area is 177 Å². The number of hydrogen-bond donors (Lipinski definition) is 2. The summed E-state index contributed by atoms with van der Waals surface area (Å²) in [6, 6.07) is 6.39. The molecule has 9 nitrogen and oxygen atoms in total. The highest BCUT2D eigenvalue weighted by molar-refractivity contribution is 5.94. The van der Waals surface area contributed by atoms with Crippen molar-refractivity contribution in [2.24, 2.45) is 0 Å². The number of nitrogens with one attached hydrogen (secondary N) is 2. The average Bonchev–Trinajstić information content (AvgIpc) is 2.70. The topological polar surface area (TPSA) is 112 Å². The lowest BCUT2D eigenvalue weighted by Crippen LogP contribution is -2.34. The van der Waals surface area contributed by atoms with Gasteiger partial charge in [0.05, 0.1) is 39.6 Å². The quantitative estimate of drug-likeness (QED) is 0.346. The van der Waals surface area contributed by atoms with Gasteiger partial charge in [0.15, 0.2) is 0 Å². The minimum Gasteiger partial charge on any atom is -0.444 e. The molecule has 0 spiro atoms. The molecule has 0 saturated heterocycles. The number of amides is 2. The van der Waals surface area contributed by atoms with Gasteiger partial charge in [0, 0.05) is 24.2 Å². The van der Waals surface area contributed by atoms with Gasteiger partial charge in [-0.3, -0.25) is 9.59 Å². The fourth-order valence-electron chi connectivity index (χ4n) is 2.13. The summed E-state index contributed by atoms with van der Waals surface area (Å²) in [7, 11) is 0. The number of carbonyl (C=O) groups is 3. The van der Waals surface area contributed by atoms with Crippen LogP contribution in [0, 0.1) is 0 Å². The number of rotatable bonds is 14. The molecule has 0 saturated carbocycles. The number of benzene rings is 1. The maximum Gasteiger partial charge on any atom is 0.407 e. The molecule has 9 heteroatoms. The monoisotopic (exact) mass is 424 g/mol. The first kappa shape index (κ1) is 25.5. The fraction of sp³-hybridized carbons (Fsp3) is 0.571. The van der Waals surface area contributed by atoms with Crippen molar-refractivity contribution in [3.8, 4) is 0 Å². The standard InChI is InChI=1S/C21H32N2O7/c1-21(2,3)30-20(26)23-9-11-28-13-15-29-14-12-27-10-8-22-19(25)18-6-4-17(16-24)5-7-18/h4-7,16H,8-15H2,1-3H3,(H,22,25)(H,23,26). The van der Waals surface area contributed by atoms with Gasteiger partial charge in [-0.25, -0.2) is 4.79 Å². The number of ether oxygens (including phenoxy) is 4. The lowest BCUT2D eigenvalue weighted by Gasteiger charge is -2.19. The van der Waals surface area contributed by atoms with Gasteiger partial charge in [-0.05, 0) is 32.9 Å². The van der Waals surface area contributed by atoms with E-state index in [-0.39, 0.29) is 5.91 Å². The highest BCUT2D eigenvalue weighted by Gasteiger charge is 2.15. The van der Waals surface area contributed by atoms with Crippen molar-refractivity contribution < 1.29 is 33.3 Å². The first-order valence-corrected chi connectivity index (χ1v) is 9.85. The van der Waals surface area contributed by atoms with Crippen LogP contribution in [0.4, 0.5) is 4.79 Å². The number of aldehydes is 1. The van der Waals surface area contributed by atoms with Gasteiger partial charge in [-0.1, -0.05) is 12.1 Å². The van der Waals surface area contributed by atoms with Crippen LogP contribution in [0.25, 0.3) is 0 Å². The summed E-state index contributed by atoms with van der Waals surface area (Å²) in [5.74, 6) is -0.217. The zero-order valence-corrected chi connectivity index (χ0v) is 17.9. The molecule has 0 heterocycles. The molecule has 0 aromatic heterocycles. The Bertz CT molecular complexity index is 642. The molecule has 0 aliphatic carbocycles. The van der Waals surface area contributed by atoms with E-state index in [0.29, 0.717) is 63.9 Å². The van der Waals surface area contributed by atoms with Crippen LogP contribution < -0.4 is 10.6 Å². The third-order valence-electron chi connectivity index (χ3n) is 3.50. The zero-order valence-electron chi connectivity index (χ0n) is 17.9. The van der Waals surface area contributed by atoms with Gasteiger partial charge in [0.25, 0.3) is 5.91 Å². The van der Waals surface area contributed by atoms with E-state index in [1.165, 1.54) is 0 Å². The number of hydrogen-bond acceptors (Lipinski definition) is 7. The SMILES string of the molecule is CC(C)(C)OC(=O)NCCOCCOCCOCCNC(=O)c1ccc(C=O)cc1. The van der Waals surface area contributed by atoms with E-state index in [9.17, 15) is 14.4 Å². The van der Waals surface area contributed by atoms with E-state index >= 15 is 0 Å². The van der Waals surface area contributed by atoms with Gasteiger partial charge < -0.3 is 29.6 Å². The maximum absolute atomic E-state index is 11.9. The predicted molar refractivity (Wildman–Crippen MR) is 111 cm³/mol. The van der Waals surface area contributed by atoms with Crippen LogP contribution >= 0.6 is 0 Å². The lowest BCUT2D eigenvalue weighted by molar-refractivity contribution is 0.0145. The van der Waals surface area contributed by atoms with Crippen molar-refractivity contribution >= 4 is 18.3 Å². The molecule has 168 valence electrons. The van der Waals surface area contributed by atoms with Crippen LogP contribution in [-0.2, 0) is 18.9 Å². The number of carbonyl (C=O) groups excluding carboxylic acids is 3. The van der Waals surface area contributed by atoms with Crippen molar-refractivity contribution in [3.05, 3.63) is 35.4 Å². The normalized spacial score (nSPS) is 11.0. The fourth-order valence-corrected chi connectivity index (χ4v) is 2.13. The average molecular weight is 424 g/mol. The van der Waals surface area contributed by atoms with Crippen molar-refractivity contribution in [1.82, 2.24) is 10.6 Å². The molecular formula is C21H32N2O7. The highest BCUT2D eigenvalue weighted by atomic mass is 16.6. The summed E-state index contributed by atoms with van der Waals surface area (Å²) in [6.45, 7) is 8.55. The minimum atomic E-state index is -0.517. The first-order chi connectivity index (χ1) is 14.3. The summed E-state index contributed by atoms with van der Waals surface area (Å²) >= 11 is 0. The van der Waals surface area contributed by atoms with Crippen molar-refractivity contribution in [1.29, 1.82) is 0 Å². The molecule has 0 radical (unpaired) electrons. The van der Waals surface area contributed by atoms with Crippen LogP contribution in [0.1, 0.15) is 41.5 Å². The van der Waals surface area contributed by atoms with Crippen LogP contribution in [-0.4, -0.2) is 76.6 Å². The summed E-state index contributed by atoms with van der Waals surface area (Å²) in [5.41, 5.74) is 0.499. The third-order valence-corrected chi connectivity index (χ3v) is 3.50. The van der Waals surface area contributed by atoms with E-state index in [1.807, 2.05) is 0 Å². The molecule has 1 aromatic carbocycles. The Hall–Kier alpha value is -2.49. The van der Waals surface area contributed by atoms with Gasteiger partial charge in [-0.2, -0.15) is 0 Å². The van der Waals surface area contributed by atoms with E-state index in [4.69, 9.17) is 18.9 Å². The molecule has 0 aliphatic rings. The van der Waals surface area contributed by atoms with Crippen LogP contribution in [0.2, 0.25) is 0 Å². The van der Waals surface area contributed by atoms with Gasteiger partial charge >= 0.3 is 6.09 Å². The molecule has 1 aromatic rings. The molecule has 0 bridgehead atoms. The lowest BCUT2D eigenvalue weighted by atomic mass is 10.1. The number of alkyl carbamates (subject to hydrolysis) is 1. The smallest absolute Gasteiger partial charge is 0.407 e. The van der Waals surface area contributed by atoms with Crippen LogP contribution in [0.15, 0.2) is 24.3 Å². The molecule has 0 unspecified atom stereocenters. The van der Waals surface area contributed by atoms with Crippen molar-refractivity contribution in [2.75, 3.05) is 52.7 Å². The Balaban J connectivity index is 1.89. The zero-order chi connectivity index (χ0) is 22.2. The molecule has 2 amide bonds. The Morgan fingerprint density at radius 1 is 0.833 bits per heavy atom. The second-order valence-electron chi connectivity index (χ2n) is 7.26. The summed E-state index contributed by atoms with van der Waals surface area (Å²) < 4.78 is 21.2. The van der Waals surface area contributed by atoms with Gasteiger partial charge in [0.2, 0.25) is 0 Å². The van der Waals surface area contributed by atoms with E-state index in [1.54, 1.807) is 45.0 Å². The summed E-state index contributed by atoms with van der Waals surface area (Å²) in [4.78, 5) is 33.9. The van der Waals surface area contributed by atoms with E-state index < -0.39 is 11.7 Å². The van der Waals surface area contributed by atoms with Crippen molar-refractivity contribution in [3.63, 3.8) is 0 Å². The first-order valence-electron chi connectivity index (χ1n) is 9.85. The van der Waals surface area contributed by atoms with E-state index in [2.05, 4.69) is 10.6 Å². The Kier molecular flexibility index (Phi) is 12.3. The summed E-state index contributed by atoms with van der Waals surface area (Å²) in [5, 5.41) is 5.34. The van der Waals surface area contributed by atoms with Gasteiger partial charge in [-0.15, -0.1) is 0 Å². The van der Waals surface area contributed by atoms with Crippen LogP contribution in [0.5, 0.6) is 0 Å².